The zero-order valence-corrected chi connectivity index (χ0v) is 16.3. The summed E-state index contributed by atoms with van der Waals surface area (Å²) in [6.07, 6.45) is 1.04. The first-order valence-electron chi connectivity index (χ1n) is 7.08. The lowest BCUT2D eigenvalue weighted by Gasteiger charge is -2.19. The molecule has 0 nitrogen and oxygen atoms in total. The SMILES string of the molecule is Brc1ccc([S+]2c3ccccc3Cc3cc(I)ccc32)cc1. The highest BCUT2D eigenvalue weighted by molar-refractivity contribution is 14.1. The quantitative estimate of drug-likeness (QED) is 0.230. The highest BCUT2D eigenvalue weighted by Gasteiger charge is 2.37. The number of hydrogen-bond donors (Lipinski definition) is 0. The van der Waals surface area contributed by atoms with Crippen LogP contribution in [0.15, 0.2) is 85.9 Å². The molecule has 3 aromatic rings. The minimum Gasteiger partial charge on any atom is -0.0616 e. The number of hydrogen-bond acceptors (Lipinski definition) is 0. The van der Waals surface area contributed by atoms with Crippen LogP contribution in [0.4, 0.5) is 0 Å². The third-order valence-corrected chi connectivity index (χ3v) is 7.48. The number of rotatable bonds is 1. The van der Waals surface area contributed by atoms with Crippen LogP contribution in [0.1, 0.15) is 11.1 Å². The van der Waals surface area contributed by atoms with E-state index in [1.165, 1.54) is 29.4 Å². The van der Waals surface area contributed by atoms with E-state index in [0.717, 1.165) is 10.9 Å². The van der Waals surface area contributed by atoms with Gasteiger partial charge in [-0.3, -0.25) is 0 Å². The van der Waals surface area contributed by atoms with Crippen LogP contribution in [0.3, 0.4) is 0 Å². The summed E-state index contributed by atoms with van der Waals surface area (Å²) in [5, 5.41) is 0. The molecule has 1 heterocycles. The lowest BCUT2D eigenvalue weighted by atomic mass is 10.0. The van der Waals surface area contributed by atoms with E-state index in [1.54, 1.807) is 0 Å². The maximum absolute atomic E-state index is 3.54. The number of benzene rings is 3. The topological polar surface area (TPSA) is 0 Å². The van der Waals surface area contributed by atoms with Crippen LogP contribution < -0.4 is 0 Å². The molecule has 22 heavy (non-hydrogen) atoms. The van der Waals surface area contributed by atoms with E-state index in [9.17, 15) is 0 Å². The average molecular weight is 480 g/mol. The van der Waals surface area contributed by atoms with Crippen molar-refractivity contribution < 1.29 is 0 Å². The van der Waals surface area contributed by atoms with Crippen molar-refractivity contribution in [3.8, 4) is 0 Å². The van der Waals surface area contributed by atoms with Gasteiger partial charge in [-0.1, -0.05) is 34.1 Å². The van der Waals surface area contributed by atoms with Crippen molar-refractivity contribution >= 4 is 49.4 Å². The second kappa shape index (κ2) is 6.02. The van der Waals surface area contributed by atoms with Crippen molar-refractivity contribution in [1.29, 1.82) is 0 Å². The predicted octanol–water partition coefficient (Wildman–Crippen LogP) is 6.05. The summed E-state index contributed by atoms with van der Waals surface area (Å²) in [4.78, 5) is 4.33. The molecule has 0 bridgehead atoms. The van der Waals surface area contributed by atoms with Crippen LogP contribution >= 0.6 is 38.5 Å². The van der Waals surface area contributed by atoms with Gasteiger partial charge in [0.05, 0.1) is 10.9 Å². The molecule has 0 saturated heterocycles. The Morgan fingerprint density at radius 3 is 2.36 bits per heavy atom. The summed E-state index contributed by atoms with van der Waals surface area (Å²) in [7, 11) is 0.00137. The normalized spacial score (nSPS) is 16.0. The molecule has 0 fully saturated rings. The van der Waals surface area contributed by atoms with Gasteiger partial charge in [-0.2, -0.15) is 0 Å². The fourth-order valence-electron chi connectivity index (χ4n) is 2.88. The third-order valence-electron chi connectivity index (χ3n) is 3.87. The Kier molecular flexibility index (Phi) is 4.05. The van der Waals surface area contributed by atoms with E-state index in [4.69, 9.17) is 0 Å². The summed E-state index contributed by atoms with van der Waals surface area (Å²) >= 11 is 5.95. The Balaban J connectivity index is 1.95. The van der Waals surface area contributed by atoms with Gasteiger partial charge in [0.25, 0.3) is 0 Å². The van der Waals surface area contributed by atoms with Crippen LogP contribution in [-0.4, -0.2) is 0 Å². The summed E-state index contributed by atoms with van der Waals surface area (Å²) < 4.78 is 2.45. The number of fused-ring (bicyclic) bond motifs is 2. The van der Waals surface area contributed by atoms with Gasteiger partial charge in [0.15, 0.2) is 14.7 Å². The lowest BCUT2D eigenvalue weighted by Crippen LogP contribution is -2.15. The van der Waals surface area contributed by atoms with Crippen molar-refractivity contribution in [1.82, 2.24) is 0 Å². The van der Waals surface area contributed by atoms with Gasteiger partial charge in [0.2, 0.25) is 0 Å². The molecule has 108 valence electrons. The van der Waals surface area contributed by atoms with Crippen LogP contribution in [0.5, 0.6) is 0 Å². The van der Waals surface area contributed by atoms with Gasteiger partial charge < -0.3 is 0 Å². The van der Waals surface area contributed by atoms with E-state index in [-0.39, 0.29) is 10.9 Å². The molecular formula is C19H13BrIS+. The Bertz CT molecular complexity index is 842. The van der Waals surface area contributed by atoms with E-state index in [1.807, 2.05) is 0 Å². The van der Waals surface area contributed by atoms with E-state index in [0.29, 0.717) is 0 Å². The van der Waals surface area contributed by atoms with Gasteiger partial charge in [0.1, 0.15) is 0 Å². The van der Waals surface area contributed by atoms with Crippen LogP contribution in [0.25, 0.3) is 0 Å². The van der Waals surface area contributed by atoms with E-state index >= 15 is 0 Å². The van der Waals surface area contributed by atoms with E-state index < -0.39 is 0 Å². The Morgan fingerprint density at radius 1 is 0.818 bits per heavy atom. The van der Waals surface area contributed by atoms with Gasteiger partial charge >= 0.3 is 0 Å². The van der Waals surface area contributed by atoms with Crippen LogP contribution in [0.2, 0.25) is 0 Å². The lowest BCUT2D eigenvalue weighted by molar-refractivity contribution is 1.03. The van der Waals surface area contributed by atoms with E-state index in [2.05, 4.69) is 105 Å². The second-order valence-electron chi connectivity index (χ2n) is 5.30. The molecule has 0 N–H and O–H groups in total. The molecule has 0 radical (unpaired) electrons. The minimum absolute atomic E-state index is 0.00137. The summed E-state index contributed by atoms with van der Waals surface area (Å²) in [6.45, 7) is 0. The van der Waals surface area contributed by atoms with Crippen LogP contribution in [-0.2, 0) is 17.3 Å². The molecule has 1 atom stereocenters. The molecule has 1 aliphatic rings. The predicted molar refractivity (Wildman–Crippen MR) is 105 cm³/mol. The Hall–Kier alpha value is -0.780. The maximum atomic E-state index is 3.54. The van der Waals surface area contributed by atoms with Crippen LogP contribution in [0, 0.1) is 3.57 Å². The van der Waals surface area contributed by atoms with Crippen molar-refractivity contribution in [3.63, 3.8) is 0 Å². The minimum atomic E-state index is 0.00137. The molecule has 3 aromatic carbocycles. The molecule has 4 rings (SSSR count). The Morgan fingerprint density at radius 2 is 1.55 bits per heavy atom. The summed E-state index contributed by atoms with van der Waals surface area (Å²) in [5.74, 6) is 0. The van der Waals surface area contributed by atoms with Crippen molar-refractivity contribution in [2.75, 3.05) is 0 Å². The first kappa shape index (κ1) is 14.8. The van der Waals surface area contributed by atoms with Crippen molar-refractivity contribution in [3.05, 3.63) is 85.9 Å². The molecule has 0 aliphatic carbocycles. The molecule has 0 amide bonds. The first-order valence-corrected chi connectivity index (χ1v) is 10.2. The number of halogens is 2. The fourth-order valence-corrected chi connectivity index (χ4v) is 6.07. The second-order valence-corrected chi connectivity index (χ2v) is 9.42. The molecule has 0 saturated carbocycles. The van der Waals surface area contributed by atoms with Crippen molar-refractivity contribution in [2.24, 2.45) is 0 Å². The smallest absolute Gasteiger partial charge is 0.0616 e. The first-order chi connectivity index (χ1) is 10.7. The zero-order chi connectivity index (χ0) is 15.1. The average Bonchev–Trinajstić information content (AvgIpc) is 2.53. The summed E-state index contributed by atoms with van der Waals surface area (Å²) in [5.41, 5.74) is 2.93. The fraction of sp³-hybridized carbons (Fsp3) is 0.0526. The molecular weight excluding hydrogens is 467 g/mol. The van der Waals surface area contributed by atoms with Gasteiger partial charge in [-0.15, -0.1) is 0 Å². The molecule has 3 heteroatoms. The third kappa shape index (κ3) is 2.63. The highest BCUT2D eigenvalue weighted by atomic mass is 127. The standard InChI is InChI=1S/C19H13BrIS/c20-15-5-8-17(9-6-15)22-18-4-2-1-3-13(18)11-14-12-16(21)7-10-19(14)22/h1-10,12H,11H2/q+1. The monoisotopic (exact) mass is 479 g/mol. The molecule has 0 spiro atoms. The molecule has 0 aromatic heterocycles. The van der Waals surface area contributed by atoms with Gasteiger partial charge in [-0.25, -0.2) is 0 Å². The van der Waals surface area contributed by atoms with Gasteiger partial charge in [-0.05, 0) is 71.1 Å². The maximum Gasteiger partial charge on any atom is 0.170 e. The molecule has 1 aliphatic heterocycles. The largest absolute Gasteiger partial charge is 0.170 e. The zero-order valence-electron chi connectivity index (χ0n) is 11.7. The molecule has 1 unspecified atom stereocenters. The Labute approximate surface area is 155 Å². The van der Waals surface area contributed by atoms with Crippen molar-refractivity contribution in [2.45, 2.75) is 21.1 Å². The highest BCUT2D eigenvalue weighted by Crippen LogP contribution is 2.40. The summed E-state index contributed by atoms with van der Waals surface area (Å²) in [6, 6.07) is 24.6. The van der Waals surface area contributed by atoms with Gasteiger partial charge in [0, 0.05) is 25.6 Å².